The van der Waals surface area contributed by atoms with Gasteiger partial charge in [-0.2, -0.15) is 0 Å². The molecule has 0 fully saturated rings. The van der Waals surface area contributed by atoms with Crippen molar-refractivity contribution in [3.8, 4) is 5.75 Å². The van der Waals surface area contributed by atoms with Gasteiger partial charge in [-0.3, -0.25) is 0 Å². The fourth-order valence-corrected chi connectivity index (χ4v) is 1.66. The zero-order chi connectivity index (χ0) is 12.5. The first-order valence-electron chi connectivity index (χ1n) is 4.95. The Morgan fingerprint density at radius 3 is 2.38 bits per heavy atom. The Hall–Kier alpha value is -1.55. The number of esters is 1. The highest BCUT2D eigenvalue weighted by Gasteiger charge is 2.24. The summed E-state index contributed by atoms with van der Waals surface area (Å²) in [6.45, 7) is 5.32. The molecule has 1 rings (SSSR count). The third-order valence-corrected chi connectivity index (χ3v) is 2.76. The number of aryl methyl sites for hydroxylation is 2. The van der Waals surface area contributed by atoms with Crippen molar-refractivity contribution in [2.45, 2.75) is 26.9 Å². The monoisotopic (exact) mass is 224 g/mol. The van der Waals surface area contributed by atoms with Crippen LogP contribution in [0.15, 0.2) is 6.07 Å². The number of aliphatic hydroxyl groups excluding tert-OH is 1. The molecule has 0 spiro atoms. The van der Waals surface area contributed by atoms with E-state index in [0.29, 0.717) is 11.1 Å². The Morgan fingerprint density at radius 2 is 1.88 bits per heavy atom. The van der Waals surface area contributed by atoms with E-state index in [2.05, 4.69) is 4.74 Å². The van der Waals surface area contributed by atoms with Crippen LogP contribution in [-0.4, -0.2) is 23.3 Å². The van der Waals surface area contributed by atoms with E-state index in [0.717, 1.165) is 5.56 Å². The summed E-state index contributed by atoms with van der Waals surface area (Å²) >= 11 is 0. The predicted molar refractivity (Wildman–Crippen MR) is 59.3 cm³/mol. The molecule has 4 nitrogen and oxygen atoms in total. The lowest BCUT2D eigenvalue weighted by Crippen LogP contribution is -2.15. The highest BCUT2D eigenvalue weighted by molar-refractivity contribution is 5.78. The van der Waals surface area contributed by atoms with Crippen molar-refractivity contribution in [1.82, 2.24) is 0 Å². The molecule has 0 heterocycles. The number of benzene rings is 1. The molecule has 0 radical (unpaired) electrons. The molecule has 88 valence electrons. The fraction of sp³-hybridized carbons (Fsp3) is 0.417. The summed E-state index contributed by atoms with van der Waals surface area (Å²) in [6.07, 6.45) is -1.44. The lowest BCUT2D eigenvalue weighted by molar-refractivity contribution is -0.150. The van der Waals surface area contributed by atoms with E-state index in [-0.39, 0.29) is 11.3 Å². The molecule has 2 N–H and O–H groups in total. The third-order valence-electron chi connectivity index (χ3n) is 2.76. The van der Waals surface area contributed by atoms with Crippen LogP contribution in [0.3, 0.4) is 0 Å². The third kappa shape index (κ3) is 2.02. The molecule has 0 aliphatic heterocycles. The molecule has 0 aliphatic carbocycles. The number of carbonyl (C=O) groups excluding carboxylic acids is 1. The standard InChI is InChI=1S/C12H16O4/c1-6-5-7(2)9(10(13)8(6)3)11(14)12(15)16-4/h5,11,13-14H,1-4H3. The van der Waals surface area contributed by atoms with Gasteiger partial charge in [-0.15, -0.1) is 0 Å². The maximum Gasteiger partial charge on any atom is 0.339 e. The Bertz CT molecular complexity index is 424. The number of aromatic hydroxyl groups is 1. The van der Waals surface area contributed by atoms with Gasteiger partial charge >= 0.3 is 5.97 Å². The van der Waals surface area contributed by atoms with Crippen LogP contribution >= 0.6 is 0 Å². The summed E-state index contributed by atoms with van der Waals surface area (Å²) in [6, 6.07) is 1.82. The molecule has 0 bridgehead atoms. The summed E-state index contributed by atoms with van der Waals surface area (Å²) in [5.41, 5.74) is 2.45. The Labute approximate surface area is 94.5 Å². The number of methoxy groups -OCH3 is 1. The van der Waals surface area contributed by atoms with Crippen LogP contribution in [-0.2, 0) is 9.53 Å². The van der Waals surface area contributed by atoms with E-state index in [1.165, 1.54) is 7.11 Å². The predicted octanol–water partition coefficient (Wildman–Crippen LogP) is 1.52. The Morgan fingerprint density at radius 1 is 1.31 bits per heavy atom. The molecule has 16 heavy (non-hydrogen) atoms. The molecule has 0 amide bonds. The molecular formula is C12H16O4. The number of ether oxygens (including phenoxy) is 1. The van der Waals surface area contributed by atoms with Gasteiger partial charge in [-0.05, 0) is 37.5 Å². The summed E-state index contributed by atoms with van der Waals surface area (Å²) in [5, 5.41) is 19.6. The molecule has 1 aromatic rings. The van der Waals surface area contributed by atoms with Crippen molar-refractivity contribution in [1.29, 1.82) is 0 Å². The first-order chi connectivity index (χ1) is 7.40. The normalized spacial score (nSPS) is 12.3. The van der Waals surface area contributed by atoms with Crippen LogP contribution in [0.1, 0.15) is 28.4 Å². The van der Waals surface area contributed by atoms with Crippen molar-refractivity contribution in [3.63, 3.8) is 0 Å². The maximum absolute atomic E-state index is 11.2. The van der Waals surface area contributed by atoms with E-state index in [1.54, 1.807) is 13.8 Å². The zero-order valence-electron chi connectivity index (χ0n) is 9.87. The fourth-order valence-electron chi connectivity index (χ4n) is 1.66. The number of hydrogen-bond donors (Lipinski definition) is 2. The van der Waals surface area contributed by atoms with E-state index in [4.69, 9.17) is 0 Å². The number of rotatable bonds is 2. The van der Waals surface area contributed by atoms with Crippen LogP contribution < -0.4 is 0 Å². The molecule has 1 unspecified atom stereocenters. The molecule has 0 aliphatic rings. The van der Waals surface area contributed by atoms with E-state index in [1.807, 2.05) is 13.0 Å². The smallest absolute Gasteiger partial charge is 0.339 e. The summed E-state index contributed by atoms with van der Waals surface area (Å²) in [4.78, 5) is 11.2. The zero-order valence-corrected chi connectivity index (χ0v) is 9.87. The lowest BCUT2D eigenvalue weighted by atomic mass is 9.95. The minimum absolute atomic E-state index is 0.0459. The average Bonchev–Trinajstić information content (AvgIpc) is 2.24. The van der Waals surface area contributed by atoms with Gasteiger partial charge in [0.25, 0.3) is 0 Å². The molecule has 0 saturated heterocycles. The summed E-state index contributed by atoms with van der Waals surface area (Å²) < 4.78 is 4.45. The van der Waals surface area contributed by atoms with Crippen LogP contribution in [0.2, 0.25) is 0 Å². The van der Waals surface area contributed by atoms with E-state index in [9.17, 15) is 15.0 Å². The molecule has 4 heteroatoms. The van der Waals surface area contributed by atoms with Gasteiger partial charge in [0.2, 0.25) is 0 Å². The van der Waals surface area contributed by atoms with E-state index < -0.39 is 12.1 Å². The van der Waals surface area contributed by atoms with Gasteiger partial charge in [0.1, 0.15) is 5.75 Å². The van der Waals surface area contributed by atoms with Gasteiger partial charge in [-0.1, -0.05) is 6.07 Å². The second-order valence-electron chi connectivity index (χ2n) is 3.82. The van der Waals surface area contributed by atoms with Crippen LogP contribution in [0.25, 0.3) is 0 Å². The van der Waals surface area contributed by atoms with Gasteiger partial charge < -0.3 is 14.9 Å². The first kappa shape index (κ1) is 12.5. The van der Waals surface area contributed by atoms with Gasteiger partial charge in [0.15, 0.2) is 6.10 Å². The number of carbonyl (C=O) groups is 1. The minimum atomic E-state index is -1.44. The summed E-state index contributed by atoms with van der Waals surface area (Å²) in [7, 11) is 1.19. The van der Waals surface area contributed by atoms with Gasteiger partial charge in [-0.25, -0.2) is 4.79 Å². The quantitative estimate of drug-likeness (QED) is 0.747. The van der Waals surface area contributed by atoms with Crippen LogP contribution in [0, 0.1) is 20.8 Å². The maximum atomic E-state index is 11.2. The molecule has 1 aromatic carbocycles. The Balaban J connectivity index is 3.34. The topological polar surface area (TPSA) is 66.8 Å². The van der Waals surface area contributed by atoms with Crippen LogP contribution in [0.5, 0.6) is 5.75 Å². The lowest BCUT2D eigenvalue weighted by Gasteiger charge is -2.16. The van der Waals surface area contributed by atoms with E-state index >= 15 is 0 Å². The Kier molecular flexibility index (Phi) is 3.55. The van der Waals surface area contributed by atoms with Gasteiger partial charge in [0, 0.05) is 5.56 Å². The SMILES string of the molecule is COC(=O)C(O)c1c(C)cc(C)c(C)c1O. The van der Waals surface area contributed by atoms with Crippen molar-refractivity contribution >= 4 is 5.97 Å². The van der Waals surface area contributed by atoms with Crippen molar-refractivity contribution in [3.05, 3.63) is 28.3 Å². The molecule has 0 saturated carbocycles. The highest BCUT2D eigenvalue weighted by Crippen LogP contribution is 2.33. The van der Waals surface area contributed by atoms with Crippen molar-refractivity contribution in [2.24, 2.45) is 0 Å². The first-order valence-corrected chi connectivity index (χ1v) is 4.95. The van der Waals surface area contributed by atoms with Crippen molar-refractivity contribution in [2.75, 3.05) is 7.11 Å². The number of phenols is 1. The average molecular weight is 224 g/mol. The van der Waals surface area contributed by atoms with Crippen molar-refractivity contribution < 1.29 is 19.7 Å². The molecule has 1 atom stereocenters. The number of hydrogen-bond acceptors (Lipinski definition) is 4. The summed E-state index contributed by atoms with van der Waals surface area (Å²) in [5.74, 6) is -0.822. The molecular weight excluding hydrogens is 208 g/mol. The second-order valence-corrected chi connectivity index (χ2v) is 3.82. The number of phenolic OH excluding ortho intramolecular Hbond substituents is 1. The largest absolute Gasteiger partial charge is 0.507 e. The second kappa shape index (κ2) is 4.53. The highest BCUT2D eigenvalue weighted by atomic mass is 16.5. The number of aliphatic hydroxyl groups is 1. The van der Waals surface area contributed by atoms with Crippen LogP contribution in [0.4, 0.5) is 0 Å². The molecule has 0 aromatic heterocycles. The van der Waals surface area contributed by atoms with Gasteiger partial charge in [0.05, 0.1) is 7.11 Å². The minimum Gasteiger partial charge on any atom is -0.507 e.